The first kappa shape index (κ1) is 14.3. The molecule has 3 N–H and O–H groups in total. The first-order valence-electron chi connectivity index (χ1n) is 5.42. The maximum atomic E-state index is 12.1. The number of nitrogen functional groups attached to an aromatic ring is 1. The van der Waals surface area contributed by atoms with Gasteiger partial charge in [0.05, 0.1) is 6.54 Å². The van der Waals surface area contributed by atoms with Crippen molar-refractivity contribution in [2.24, 2.45) is 0 Å². The third kappa shape index (κ3) is 3.26. The first-order chi connectivity index (χ1) is 8.99. The largest absolute Gasteiger partial charge is 0.382 e. The maximum absolute atomic E-state index is 12.1. The van der Waals surface area contributed by atoms with Gasteiger partial charge in [-0.1, -0.05) is 11.3 Å². The molecule has 0 unspecified atom stereocenters. The van der Waals surface area contributed by atoms with Gasteiger partial charge in [-0.2, -0.15) is 0 Å². The number of hydrogen-bond acceptors (Lipinski definition) is 6. The van der Waals surface area contributed by atoms with E-state index in [1.807, 2.05) is 30.4 Å². The Labute approximate surface area is 127 Å². The molecule has 102 valence electrons. The summed E-state index contributed by atoms with van der Waals surface area (Å²) in [6, 6.07) is 1.96. The van der Waals surface area contributed by atoms with E-state index < -0.39 is 0 Å². The number of anilines is 2. The van der Waals surface area contributed by atoms with Crippen molar-refractivity contribution in [1.29, 1.82) is 0 Å². The molecule has 5 nitrogen and oxygen atoms in total. The number of aromatic nitrogens is 1. The van der Waals surface area contributed by atoms with Gasteiger partial charge in [0, 0.05) is 23.4 Å². The number of carbonyl (C=O) groups is 1. The van der Waals surface area contributed by atoms with Gasteiger partial charge in [0.2, 0.25) is 0 Å². The number of carbonyl (C=O) groups excluding carboxylic acids is 1. The zero-order chi connectivity index (χ0) is 14.0. The highest BCUT2D eigenvalue weighted by molar-refractivity contribution is 9.10. The molecule has 0 aromatic carbocycles. The predicted octanol–water partition coefficient (Wildman–Crippen LogP) is 2.55. The first-order valence-corrected chi connectivity index (χ1v) is 7.91. The molecule has 0 aliphatic heterocycles. The van der Waals surface area contributed by atoms with Gasteiger partial charge in [-0.25, -0.2) is 4.98 Å². The molecule has 0 spiro atoms. The second-order valence-corrected chi connectivity index (χ2v) is 6.81. The Morgan fingerprint density at radius 3 is 2.84 bits per heavy atom. The lowest BCUT2D eigenvalue weighted by atomic mass is 10.4. The van der Waals surface area contributed by atoms with E-state index in [1.165, 1.54) is 11.3 Å². The Morgan fingerprint density at radius 2 is 2.32 bits per heavy atom. The standard InChI is InChI=1S/C11H13BrN4OS2/c1-16(2)11-15-9(13)8(19-11)10(17)14-5-7-6(12)3-4-18-7/h3-4H,5,13H2,1-2H3,(H,14,17). The molecule has 8 heteroatoms. The number of thiophene rings is 1. The Kier molecular flexibility index (Phi) is 4.43. The molecule has 0 aliphatic rings. The van der Waals surface area contributed by atoms with Gasteiger partial charge in [-0.05, 0) is 27.4 Å². The van der Waals surface area contributed by atoms with Crippen LogP contribution in [-0.2, 0) is 6.54 Å². The third-order valence-corrected chi connectivity index (χ3v) is 5.50. The lowest BCUT2D eigenvalue weighted by Crippen LogP contribution is -2.22. The van der Waals surface area contributed by atoms with Crippen LogP contribution < -0.4 is 16.0 Å². The molecule has 2 aromatic rings. The van der Waals surface area contributed by atoms with Gasteiger partial charge in [-0.3, -0.25) is 4.79 Å². The summed E-state index contributed by atoms with van der Waals surface area (Å²) in [7, 11) is 3.73. The van der Waals surface area contributed by atoms with E-state index in [4.69, 9.17) is 5.73 Å². The van der Waals surface area contributed by atoms with Gasteiger partial charge in [0.1, 0.15) is 10.7 Å². The maximum Gasteiger partial charge on any atom is 0.265 e. The summed E-state index contributed by atoms with van der Waals surface area (Å²) >= 11 is 6.30. The molecule has 2 aromatic heterocycles. The van der Waals surface area contributed by atoms with Crippen molar-refractivity contribution in [2.75, 3.05) is 24.7 Å². The Bertz CT molecular complexity index is 593. The van der Waals surface area contributed by atoms with Crippen LogP contribution in [0.5, 0.6) is 0 Å². The van der Waals surface area contributed by atoms with Crippen molar-refractivity contribution in [1.82, 2.24) is 10.3 Å². The Morgan fingerprint density at radius 1 is 1.58 bits per heavy atom. The van der Waals surface area contributed by atoms with E-state index in [-0.39, 0.29) is 11.7 Å². The molecule has 0 bridgehead atoms. The average Bonchev–Trinajstić information content (AvgIpc) is 2.93. The van der Waals surface area contributed by atoms with Crippen LogP contribution in [0.15, 0.2) is 15.9 Å². The smallest absolute Gasteiger partial charge is 0.265 e. The number of hydrogen-bond donors (Lipinski definition) is 2. The normalized spacial score (nSPS) is 10.5. The molecule has 0 fully saturated rings. The van der Waals surface area contributed by atoms with Crippen molar-refractivity contribution >= 4 is 55.5 Å². The number of nitrogens with two attached hydrogens (primary N) is 1. The molecule has 0 saturated heterocycles. The zero-order valence-corrected chi connectivity index (χ0v) is 13.7. The summed E-state index contributed by atoms with van der Waals surface area (Å²) in [5.41, 5.74) is 5.76. The number of rotatable bonds is 4. The van der Waals surface area contributed by atoms with Crippen LogP contribution in [0.1, 0.15) is 14.5 Å². The number of thiazole rings is 1. The average molecular weight is 361 g/mol. The predicted molar refractivity (Wildman–Crippen MR) is 84.0 cm³/mol. The summed E-state index contributed by atoms with van der Waals surface area (Å²) in [6.07, 6.45) is 0. The highest BCUT2D eigenvalue weighted by Gasteiger charge is 2.17. The van der Waals surface area contributed by atoms with Crippen molar-refractivity contribution in [3.05, 3.63) is 25.7 Å². The minimum absolute atomic E-state index is 0.191. The van der Waals surface area contributed by atoms with E-state index >= 15 is 0 Å². The van der Waals surface area contributed by atoms with Crippen LogP contribution in [0, 0.1) is 0 Å². The molecule has 2 heterocycles. The van der Waals surface area contributed by atoms with Gasteiger partial charge in [0.25, 0.3) is 5.91 Å². The van der Waals surface area contributed by atoms with Crippen LogP contribution in [-0.4, -0.2) is 25.0 Å². The van der Waals surface area contributed by atoms with Crippen molar-refractivity contribution < 1.29 is 4.79 Å². The topological polar surface area (TPSA) is 71.2 Å². The fourth-order valence-corrected chi connectivity index (χ4v) is 3.62. The summed E-state index contributed by atoms with van der Waals surface area (Å²) in [5, 5.41) is 5.54. The van der Waals surface area contributed by atoms with Crippen LogP contribution in [0.3, 0.4) is 0 Å². The molecule has 0 atom stereocenters. The summed E-state index contributed by atoms with van der Waals surface area (Å²) in [5.74, 6) is 0.0832. The van der Waals surface area contributed by atoms with Gasteiger partial charge < -0.3 is 16.0 Å². The van der Waals surface area contributed by atoms with Crippen LogP contribution >= 0.6 is 38.6 Å². The number of halogens is 1. The van der Waals surface area contributed by atoms with E-state index in [2.05, 4.69) is 26.2 Å². The lowest BCUT2D eigenvalue weighted by Gasteiger charge is -2.05. The van der Waals surface area contributed by atoms with Crippen molar-refractivity contribution in [2.45, 2.75) is 6.54 Å². The SMILES string of the molecule is CN(C)c1nc(N)c(C(=O)NCc2sccc2Br)s1. The summed E-state index contributed by atoms with van der Waals surface area (Å²) < 4.78 is 1.00. The fraction of sp³-hybridized carbons (Fsp3) is 0.273. The van der Waals surface area contributed by atoms with E-state index in [9.17, 15) is 4.79 Å². The second-order valence-electron chi connectivity index (χ2n) is 3.98. The van der Waals surface area contributed by atoms with Crippen LogP contribution in [0.4, 0.5) is 10.9 Å². The Balaban J connectivity index is 2.06. The van der Waals surface area contributed by atoms with E-state index in [1.54, 1.807) is 11.3 Å². The molecule has 0 radical (unpaired) electrons. The van der Waals surface area contributed by atoms with E-state index in [0.29, 0.717) is 11.4 Å². The highest BCUT2D eigenvalue weighted by atomic mass is 79.9. The van der Waals surface area contributed by atoms with Gasteiger partial charge in [0.15, 0.2) is 5.13 Å². The molecule has 0 aliphatic carbocycles. The lowest BCUT2D eigenvalue weighted by molar-refractivity contribution is 0.0956. The Hall–Kier alpha value is -1.12. The summed E-state index contributed by atoms with van der Waals surface area (Å²) in [4.78, 5) is 19.6. The minimum atomic E-state index is -0.191. The molecular weight excluding hydrogens is 348 g/mol. The molecule has 19 heavy (non-hydrogen) atoms. The molecule has 2 rings (SSSR count). The van der Waals surface area contributed by atoms with E-state index in [0.717, 1.165) is 14.5 Å². The summed E-state index contributed by atoms with van der Waals surface area (Å²) in [6.45, 7) is 0.478. The number of amides is 1. The van der Waals surface area contributed by atoms with Crippen molar-refractivity contribution in [3.63, 3.8) is 0 Å². The van der Waals surface area contributed by atoms with Gasteiger partial charge in [-0.15, -0.1) is 11.3 Å². The van der Waals surface area contributed by atoms with Crippen LogP contribution in [0.25, 0.3) is 0 Å². The second kappa shape index (κ2) is 5.89. The third-order valence-electron chi connectivity index (χ3n) is 2.33. The van der Waals surface area contributed by atoms with Gasteiger partial charge >= 0.3 is 0 Å². The van der Waals surface area contributed by atoms with Crippen molar-refractivity contribution in [3.8, 4) is 0 Å². The molecule has 1 amide bonds. The fourth-order valence-electron chi connectivity index (χ4n) is 1.37. The number of nitrogens with zero attached hydrogens (tertiary/aromatic N) is 2. The number of nitrogens with one attached hydrogen (secondary N) is 1. The highest BCUT2D eigenvalue weighted by Crippen LogP contribution is 2.27. The quantitative estimate of drug-likeness (QED) is 0.878. The van der Waals surface area contributed by atoms with Crippen LogP contribution in [0.2, 0.25) is 0 Å². The monoisotopic (exact) mass is 360 g/mol. The molecule has 0 saturated carbocycles. The zero-order valence-electron chi connectivity index (χ0n) is 10.4. The minimum Gasteiger partial charge on any atom is -0.382 e. The molecular formula is C11H13BrN4OS2.